The molecule has 0 bridgehead atoms. The lowest BCUT2D eigenvalue weighted by atomic mass is 10.1. The van der Waals surface area contributed by atoms with Gasteiger partial charge in [0.1, 0.15) is 0 Å². The SMILES string of the molecule is Cc1ccc(C(=O)N(C(=O)c2ccc(C)cc2)c2nc(-c3ccccn3)cc3ccccc23)cc1. The summed E-state index contributed by atoms with van der Waals surface area (Å²) < 4.78 is 0. The van der Waals surface area contributed by atoms with Gasteiger partial charge in [-0.25, -0.2) is 9.88 Å². The number of nitrogens with zero attached hydrogens (tertiary/aromatic N) is 3. The van der Waals surface area contributed by atoms with E-state index in [-0.39, 0.29) is 5.82 Å². The van der Waals surface area contributed by atoms with Gasteiger partial charge in [-0.05, 0) is 61.7 Å². The molecule has 0 N–H and O–H groups in total. The molecule has 5 nitrogen and oxygen atoms in total. The maximum absolute atomic E-state index is 13.9. The molecule has 5 rings (SSSR count). The third-order valence-corrected chi connectivity index (χ3v) is 5.86. The number of hydrogen-bond donors (Lipinski definition) is 0. The smallest absolute Gasteiger partial charge is 0.266 e. The van der Waals surface area contributed by atoms with Crippen LogP contribution in [0.1, 0.15) is 31.8 Å². The zero-order valence-electron chi connectivity index (χ0n) is 19.5. The van der Waals surface area contributed by atoms with Crippen LogP contribution in [0.2, 0.25) is 0 Å². The highest BCUT2D eigenvalue weighted by atomic mass is 16.2. The molecule has 0 fully saturated rings. The van der Waals surface area contributed by atoms with Gasteiger partial charge in [0.2, 0.25) is 0 Å². The maximum atomic E-state index is 13.9. The van der Waals surface area contributed by atoms with Crippen LogP contribution in [0.25, 0.3) is 22.2 Å². The topological polar surface area (TPSA) is 63.2 Å². The van der Waals surface area contributed by atoms with E-state index in [0.29, 0.717) is 27.9 Å². The molecule has 5 heteroatoms. The second-order valence-corrected chi connectivity index (χ2v) is 8.44. The molecular formula is C30H23N3O2. The number of rotatable bonds is 4. The minimum Gasteiger partial charge on any atom is -0.268 e. The first kappa shape index (κ1) is 22.2. The Hall–Kier alpha value is -4.64. The van der Waals surface area contributed by atoms with Crippen molar-refractivity contribution in [3.8, 4) is 11.4 Å². The highest BCUT2D eigenvalue weighted by Crippen LogP contribution is 2.31. The Balaban J connectivity index is 1.75. The number of hydrogen-bond acceptors (Lipinski definition) is 4. The third kappa shape index (κ3) is 4.44. The fourth-order valence-corrected chi connectivity index (χ4v) is 3.93. The van der Waals surface area contributed by atoms with E-state index in [1.165, 1.54) is 4.90 Å². The van der Waals surface area contributed by atoms with Gasteiger partial charge in [0.25, 0.3) is 11.8 Å². The third-order valence-electron chi connectivity index (χ3n) is 5.86. The molecule has 2 heterocycles. The molecule has 3 aromatic carbocycles. The Kier molecular flexibility index (Phi) is 5.90. The van der Waals surface area contributed by atoms with Gasteiger partial charge in [-0.2, -0.15) is 0 Å². The van der Waals surface area contributed by atoms with Gasteiger partial charge in [-0.15, -0.1) is 0 Å². The number of benzene rings is 3. The number of pyridine rings is 2. The van der Waals surface area contributed by atoms with Crippen LogP contribution in [0.3, 0.4) is 0 Å². The summed E-state index contributed by atoms with van der Waals surface area (Å²) in [7, 11) is 0. The fraction of sp³-hybridized carbons (Fsp3) is 0.0667. The Labute approximate surface area is 203 Å². The Morgan fingerprint density at radius 1 is 0.657 bits per heavy atom. The number of imide groups is 1. The van der Waals surface area contributed by atoms with Crippen molar-refractivity contribution in [3.05, 3.63) is 126 Å². The van der Waals surface area contributed by atoms with E-state index in [4.69, 9.17) is 4.98 Å². The van der Waals surface area contributed by atoms with Crippen LogP contribution < -0.4 is 4.90 Å². The number of carbonyl (C=O) groups is 2. The highest BCUT2D eigenvalue weighted by Gasteiger charge is 2.29. The van der Waals surface area contributed by atoms with Crippen LogP contribution in [0.4, 0.5) is 5.82 Å². The van der Waals surface area contributed by atoms with Crippen molar-refractivity contribution in [2.75, 3.05) is 4.90 Å². The summed E-state index contributed by atoms with van der Waals surface area (Å²) in [5, 5.41) is 1.56. The molecule has 0 saturated heterocycles. The molecule has 35 heavy (non-hydrogen) atoms. The van der Waals surface area contributed by atoms with Crippen molar-refractivity contribution in [2.24, 2.45) is 0 Å². The van der Waals surface area contributed by atoms with Crippen LogP contribution in [-0.2, 0) is 0 Å². The first-order valence-corrected chi connectivity index (χ1v) is 11.3. The molecule has 0 aliphatic carbocycles. The molecule has 0 saturated carbocycles. The first-order valence-electron chi connectivity index (χ1n) is 11.3. The summed E-state index contributed by atoms with van der Waals surface area (Å²) >= 11 is 0. The molecule has 2 amide bonds. The average molecular weight is 458 g/mol. The van der Waals surface area contributed by atoms with E-state index in [2.05, 4.69) is 4.98 Å². The summed E-state index contributed by atoms with van der Waals surface area (Å²) in [5.41, 5.74) is 4.11. The van der Waals surface area contributed by atoms with Gasteiger partial charge >= 0.3 is 0 Å². The summed E-state index contributed by atoms with van der Waals surface area (Å²) in [4.78, 5) is 38.2. The molecule has 0 aliphatic rings. The molecule has 170 valence electrons. The number of anilines is 1. The van der Waals surface area contributed by atoms with Gasteiger partial charge in [0.05, 0.1) is 11.4 Å². The maximum Gasteiger partial charge on any atom is 0.266 e. The van der Waals surface area contributed by atoms with Gasteiger partial charge in [-0.1, -0.05) is 65.7 Å². The van der Waals surface area contributed by atoms with E-state index in [0.717, 1.165) is 16.5 Å². The average Bonchev–Trinajstić information content (AvgIpc) is 2.90. The molecular weight excluding hydrogens is 434 g/mol. The molecule has 0 aliphatic heterocycles. The van der Waals surface area contributed by atoms with Gasteiger partial charge in [0.15, 0.2) is 5.82 Å². The summed E-state index contributed by atoms with van der Waals surface area (Å²) in [6, 6.07) is 29.5. The number of aromatic nitrogens is 2. The van der Waals surface area contributed by atoms with Crippen molar-refractivity contribution in [2.45, 2.75) is 13.8 Å². The van der Waals surface area contributed by atoms with Crippen LogP contribution in [0.15, 0.2) is 103 Å². The normalized spacial score (nSPS) is 10.8. The Morgan fingerprint density at radius 3 is 1.80 bits per heavy atom. The van der Waals surface area contributed by atoms with Crippen LogP contribution in [-0.4, -0.2) is 21.8 Å². The standard InChI is InChI=1S/C30H23N3O2/c1-20-10-14-22(15-11-20)29(34)33(30(35)23-16-12-21(2)13-17-23)28-25-8-4-3-7-24(25)19-27(32-28)26-9-5-6-18-31-26/h3-19H,1-2H3. The monoisotopic (exact) mass is 457 g/mol. The van der Waals surface area contributed by atoms with Crippen molar-refractivity contribution >= 4 is 28.4 Å². The Bertz CT molecular complexity index is 1470. The van der Waals surface area contributed by atoms with Crippen molar-refractivity contribution in [1.29, 1.82) is 0 Å². The van der Waals surface area contributed by atoms with Crippen molar-refractivity contribution in [1.82, 2.24) is 9.97 Å². The molecule has 5 aromatic rings. The highest BCUT2D eigenvalue weighted by molar-refractivity contribution is 6.27. The van der Waals surface area contributed by atoms with Gasteiger partial charge in [0, 0.05) is 22.7 Å². The lowest BCUT2D eigenvalue weighted by Gasteiger charge is -2.23. The van der Waals surface area contributed by atoms with Crippen LogP contribution in [0, 0.1) is 13.8 Å². The molecule has 0 atom stereocenters. The Morgan fingerprint density at radius 2 is 1.23 bits per heavy atom. The molecule has 0 radical (unpaired) electrons. The number of carbonyl (C=O) groups excluding carboxylic acids is 2. The number of fused-ring (bicyclic) bond motifs is 1. The predicted octanol–water partition coefficient (Wildman–Crippen LogP) is 6.40. The predicted molar refractivity (Wildman–Crippen MR) is 138 cm³/mol. The number of amides is 2. The zero-order chi connectivity index (χ0) is 24.4. The quantitative estimate of drug-likeness (QED) is 0.293. The van der Waals surface area contributed by atoms with Gasteiger partial charge in [-0.3, -0.25) is 14.6 Å². The van der Waals surface area contributed by atoms with E-state index >= 15 is 0 Å². The van der Waals surface area contributed by atoms with E-state index in [1.807, 2.05) is 86.6 Å². The molecule has 0 unspecified atom stereocenters. The number of aryl methyl sites for hydroxylation is 2. The van der Waals surface area contributed by atoms with Crippen molar-refractivity contribution < 1.29 is 9.59 Å². The minimum absolute atomic E-state index is 0.278. The second-order valence-electron chi connectivity index (χ2n) is 8.44. The van der Waals surface area contributed by atoms with E-state index in [1.54, 1.807) is 30.5 Å². The lowest BCUT2D eigenvalue weighted by molar-refractivity contribution is 0.0897. The minimum atomic E-state index is -0.439. The van der Waals surface area contributed by atoms with Crippen LogP contribution >= 0.6 is 0 Å². The zero-order valence-corrected chi connectivity index (χ0v) is 19.5. The van der Waals surface area contributed by atoms with Gasteiger partial charge < -0.3 is 0 Å². The van der Waals surface area contributed by atoms with Crippen molar-refractivity contribution in [3.63, 3.8) is 0 Å². The van der Waals surface area contributed by atoms with Crippen LogP contribution in [0.5, 0.6) is 0 Å². The summed E-state index contributed by atoms with van der Waals surface area (Å²) in [6.45, 7) is 3.91. The fourth-order valence-electron chi connectivity index (χ4n) is 3.93. The van der Waals surface area contributed by atoms with E-state index in [9.17, 15) is 9.59 Å². The largest absolute Gasteiger partial charge is 0.268 e. The van der Waals surface area contributed by atoms with E-state index < -0.39 is 11.8 Å². The summed E-state index contributed by atoms with van der Waals surface area (Å²) in [5.74, 6) is -0.599. The first-order chi connectivity index (χ1) is 17.0. The summed E-state index contributed by atoms with van der Waals surface area (Å²) in [6.07, 6.45) is 1.69. The molecule has 2 aromatic heterocycles. The lowest BCUT2D eigenvalue weighted by Crippen LogP contribution is -2.38. The molecule has 0 spiro atoms. The second kappa shape index (κ2) is 9.31.